The number of phenolic OH excluding ortho intramolecular Hbond substituents is 1. The molecule has 0 spiro atoms. The number of amides is 1. The van der Waals surface area contributed by atoms with E-state index in [4.69, 9.17) is 27.9 Å². The highest BCUT2D eigenvalue weighted by atomic mass is 79.9. The van der Waals surface area contributed by atoms with Gasteiger partial charge in [0.1, 0.15) is 11.5 Å². The molecule has 24 heavy (non-hydrogen) atoms. The Morgan fingerprint density at radius 2 is 1.92 bits per heavy atom. The van der Waals surface area contributed by atoms with Crippen LogP contribution in [0.4, 0.5) is 0 Å². The molecule has 0 fully saturated rings. The molecule has 126 valence electrons. The van der Waals surface area contributed by atoms with Crippen molar-refractivity contribution in [3.8, 4) is 11.5 Å². The van der Waals surface area contributed by atoms with Gasteiger partial charge in [-0.15, -0.1) is 0 Å². The third-order valence-electron chi connectivity index (χ3n) is 2.69. The predicted octanol–water partition coefficient (Wildman–Crippen LogP) is 4.75. The van der Waals surface area contributed by atoms with E-state index in [1.807, 2.05) is 0 Å². The maximum atomic E-state index is 11.7. The lowest BCUT2D eigenvalue weighted by atomic mass is 10.2. The van der Waals surface area contributed by atoms with Gasteiger partial charge in [0.15, 0.2) is 6.61 Å². The zero-order chi connectivity index (χ0) is 17.7. The Kier molecular flexibility index (Phi) is 6.91. The molecule has 9 heteroatoms. The maximum Gasteiger partial charge on any atom is 0.277 e. The number of carbonyl (C=O) groups excluding carboxylic acids is 1. The highest BCUT2D eigenvalue weighted by Gasteiger charge is 2.07. The van der Waals surface area contributed by atoms with Crippen molar-refractivity contribution in [1.29, 1.82) is 0 Å². The Labute approximate surface area is 164 Å². The second-order valence-electron chi connectivity index (χ2n) is 4.49. The summed E-state index contributed by atoms with van der Waals surface area (Å²) in [6, 6.07) is 8.01. The van der Waals surface area contributed by atoms with Gasteiger partial charge in [-0.25, -0.2) is 5.43 Å². The number of hydrogen-bond acceptors (Lipinski definition) is 4. The van der Waals surface area contributed by atoms with E-state index in [9.17, 15) is 9.90 Å². The van der Waals surface area contributed by atoms with Gasteiger partial charge in [-0.1, -0.05) is 23.2 Å². The first-order valence-electron chi connectivity index (χ1n) is 6.44. The zero-order valence-corrected chi connectivity index (χ0v) is 16.6. The van der Waals surface area contributed by atoms with Crippen LogP contribution < -0.4 is 10.2 Å². The summed E-state index contributed by atoms with van der Waals surface area (Å²) in [6.45, 7) is -0.248. The van der Waals surface area contributed by atoms with Gasteiger partial charge in [0.05, 0.1) is 20.2 Å². The van der Waals surface area contributed by atoms with Crippen LogP contribution in [0, 0.1) is 0 Å². The first kappa shape index (κ1) is 19.1. The Hall–Kier alpha value is -1.28. The fourth-order valence-electron chi connectivity index (χ4n) is 1.61. The van der Waals surface area contributed by atoms with E-state index < -0.39 is 5.91 Å². The third-order valence-corrected chi connectivity index (χ3v) is 4.43. The number of hydrazone groups is 1. The number of ether oxygens (including phenoxy) is 1. The van der Waals surface area contributed by atoms with Crippen LogP contribution in [0.2, 0.25) is 10.0 Å². The molecule has 2 N–H and O–H groups in total. The number of nitrogens with one attached hydrogen (secondary N) is 1. The van der Waals surface area contributed by atoms with E-state index in [-0.39, 0.29) is 12.4 Å². The Morgan fingerprint density at radius 3 is 2.54 bits per heavy atom. The molecule has 0 aliphatic rings. The number of phenols is 1. The lowest BCUT2D eigenvalue weighted by Gasteiger charge is -2.07. The largest absolute Gasteiger partial charge is 0.506 e. The number of hydrogen-bond donors (Lipinski definition) is 2. The molecule has 0 bridgehead atoms. The number of carbonyl (C=O) groups is 1. The molecule has 0 atom stereocenters. The van der Waals surface area contributed by atoms with Crippen LogP contribution in [0.15, 0.2) is 44.4 Å². The standard InChI is InChI=1S/C15H10Br2Cl2N2O3/c16-10-3-8(4-11(17)15(10)23)6-20-21-14(22)7-24-13-2-1-9(18)5-12(13)19/h1-6,23H,7H2,(H,21,22)/b20-6-. The highest BCUT2D eigenvalue weighted by molar-refractivity contribution is 9.11. The van der Waals surface area contributed by atoms with E-state index in [0.29, 0.717) is 30.3 Å². The summed E-state index contributed by atoms with van der Waals surface area (Å²) >= 11 is 18.1. The smallest absolute Gasteiger partial charge is 0.277 e. The van der Waals surface area contributed by atoms with Crippen LogP contribution in [-0.2, 0) is 4.79 Å². The number of halogens is 4. The number of rotatable bonds is 5. The summed E-state index contributed by atoms with van der Waals surface area (Å²) in [4.78, 5) is 11.7. The number of nitrogens with zero attached hydrogens (tertiary/aromatic N) is 1. The zero-order valence-electron chi connectivity index (χ0n) is 11.9. The van der Waals surface area contributed by atoms with E-state index >= 15 is 0 Å². The van der Waals surface area contributed by atoms with Gasteiger partial charge in [0.2, 0.25) is 0 Å². The quantitative estimate of drug-likeness (QED) is 0.463. The molecule has 0 aliphatic carbocycles. The SMILES string of the molecule is O=C(COc1ccc(Cl)cc1Cl)N/N=C\c1cc(Br)c(O)c(Br)c1. The first-order chi connectivity index (χ1) is 11.4. The van der Waals surface area contributed by atoms with Crippen LogP contribution >= 0.6 is 55.1 Å². The lowest BCUT2D eigenvalue weighted by Crippen LogP contribution is -2.24. The lowest BCUT2D eigenvalue weighted by molar-refractivity contribution is -0.123. The van der Waals surface area contributed by atoms with Crippen molar-refractivity contribution in [2.45, 2.75) is 0 Å². The Bertz CT molecular complexity index is 777. The summed E-state index contributed by atoms with van der Waals surface area (Å²) in [5.41, 5.74) is 3.00. The van der Waals surface area contributed by atoms with Crippen LogP contribution in [0.25, 0.3) is 0 Å². The molecule has 0 aromatic heterocycles. The average molecular weight is 497 g/mol. The molecule has 5 nitrogen and oxygen atoms in total. The molecular formula is C15H10Br2Cl2N2O3. The van der Waals surface area contributed by atoms with Crippen LogP contribution in [0.1, 0.15) is 5.56 Å². The monoisotopic (exact) mass is 494 g/mol. The third kappa shape index (κ3) is 5.37. The number of aromatic hydroxyl groups is 1. The van der Waals surface area contributed by atoms with Crippen molar-refractivity contribution in [2.24, 2.45) is 5.10 Å². The minimum Gasteiger partial charge on any atom is -0.506 e. The molecule has 0 unspecified atom stereocenters. The molecule has 0 aliphatic heterocycles. The molecule has 0 saturated heterocycles. The normalized spacial score (nSPS) is 10.8. The predicted molar refractivity (Wildman–Crippen MR) is 101 cm³/mol. The molecule has 2 aromatic rings. The maximum absolute atomic E-state index is 11.7. The Morgan fingerprint density at radius 1 is 1.25 bits per heavy atom. The van der Waals surface area contributed by atoms with Gasteiger partial charge >= 0.3 is 0 Å². The topological polar surface area (TPSA) is 70.9 Å². The highest BCUT2D eigenvalue weighted by Crippen LogP contribution is 2.32. The molecule has 0 heterocycles. The molecular weight excluding hydrogens is 487 g/mol. The molecule has 0 radical (unpaired) electrons. The van der Waals surface area contributed by atoms with E-state index in [0.717, 1.165) is 0 Å². The van der Waals surface area contributed by atoms with Gasteiger partial charge in [-0.2, -0.15) is 5.10 Å². The summed E-state index contributed by atoms with van der Waals surface area (Å²) in [5.74, 6) is -0.00908. The summed E-state index contributed by atoms with van der Waals surface area (Å²) < 4.78 is 6.30. The van der Waals surface area contributed by atoms with Crippen molar-refractivity contribution in [1.82, 2.24) is 5.43 Å². The van der Waals surface area contributed by atoms with Gasteiger partial charge < -0.3 is 9.84 Å². The summed E-state index contributed by atoms with van der Waals surface area (Å²) in [7, 11) is 0. The number of benzene rings is 2. The molecule has 0 saturated carbocycles. The van der Waals surface area contributed by atoms with Gasteiger partial charge in [-0.3, -0.25) is 4.79 Å². The van der Waals surface area contributed by atoms with Gasteiger partial charge in [0.25, 0.3) is 5.91 Å². The summed E-state index contributed by atoms with van der Waals surface area (Å²) in [6.07, 6.45) is 1.43. The fraction of sp³-hybridized carbons (Fsp3) is 0.0667. The minimum absolute atomic E-state index is 0.0874. The van der Waals surface area contributed by atoms with Crippen molar-refractivity contribution in [3.63, 3.8) is 0 Å². The van der Waals surface area contributed by atoms with Crippen molar-refractivity contribution >= 4 is 67.2 Å². The van der Waals surface area contributed by atoms with Crippen molar-refractivity contribution in [2.75, 3.05) is 6.61 Å². The molecule has 2 rings (SSSR count). The fourth-order valence-corrected chi connectivity index (χ4v) is 3.29. The van der Waals surface area contributed by atoms with E-state index in [1.165, 1.54) is 12.3 Å². The molecule has 1 amide bonds. The van der Waals surface area contributed by atoms with Crippen LogP contribution in [-0.4, -0.2) is 23.8 Å². The molecule has 2 aromatic carbocycles. The van der Waals surface area contributed by atoms with Gasteiger partial charge in [0, 0.05) is 5.02 Å². The van der Waals surface area contributed by atoms with Gasteiger partial charge in [-0.05, 0) is 67.8 Å². The van der Waals surface area contributed by atoms with Crippen molar-refractivity contribution in [3.05, 3.63) is 54.9 Å². The van der Waals surface area contributed by atoms with E-state index in [2.05, 4.69) is 42.4 Å². The van der Waals surface area contributed by atoms with Crippen LogP contribution in [0.5, 0.6) is 11.5 Å². The van der Waals surface area contributed by atoms with Crippen molar-refractivity contribution < 1.29 is 14.6 Å². The first-order valence-corrected chi connectivity index (χ1v) is 8.79. The minimum atomic E-state index is -0.450. The average Bonchev–Trinajstić information content (AvgIpc) is 2.51. The second-order valence-corrected chi connectivity index (χ2v) is 7.04. The van der Waals surface area contributed by atoms with Crippen LogP contribution in [0.3, 0.4) is 0 Å². The Balaban J connectivity index is 1.89. The summed E-state index contributed by atoms with van der Waals surface area (Å²) in [5, 5.41) is 14.2. The second kappa shape index (κ2) is 8.71. The van der Waals surface area contributed by atoms with E-state index in [1.54, 1.807) is 24.3 Å².